The number of hydrogen-bond donors (Lipinski definition) is 2. The fourth-order valence-electron chi connectivity index (χ4n) is 4.30. The number of carbonyl (C=O) groups is 1. The van der Waals surface area contributed by atoms with Crippen molar-refractivity contribution in [2.75, 3.05) is 13.7 Å². The van der Waals surface area contributed by atoms with Crippen LogP contribution >= 0.6 is 24.2 Å². The Kier molecular flexibility index (Phi) is 10.9. The first kappa shape index (κ1) is 32.8. The second-order valence-electron chi connectivity index (χ2n) is 10.1. The van der Waals surface area contributed by atoms with Gasteiger partial charge in [-0.3, -0.25) is 14.2 Å². The minimum atomic E-state index is -1.48. The molecule has 11 nitrogen and oxygen atoms in total. The summed E-state index contributed by atoms with van der Waals surface area (Å²) in [5.74, 6) is -0.399. The first-order chi connectivity index (χ1) is 19.9. The number of nitrogens with one attached hydrogen (secondary N) is 1. The lowest BCUT2D eigenvalue weighted by molar-refractivity contribution is -0.129. The number of thiophene rings is 1. The number of fused-ring (bicyclic) bond motifs is 1. The van der Waals surface area contributed by atoms with Crippen LogP contribution in [0.1, 0.15) is 38.8 Å². The smallest absolute Gasteiger partial charge is 0.333 e. The van der Waals surface area contributed by atoms with Gasteiger partial charge in [-0.15, -0.1) is 11.4 Å². The molecule has 0 spiro atoms. The number of benzene rings is 1. The monoisotopic (exact) mass is 618 g/mol. The summed E-state index contributed by atoms with van der Waals surface area (Å²) >= 11 is 4.63. The van der Waals surface area contributed by atoms with Gasteiger partial charge >= 0.3 is 5.69 Å². The van der Waals surface area contributed by atoms with Gasteiger partial charge < -0.3 is 14.2 Å². The number of halogens is 1. The summed E-state index contributed by atoms with van der Waals surface area (Å²) in [5, 5.41) is 12.0. The Morgan fingerprint density at radius 2 is 1.93 bits per heavy atom. The number of carbonyl (C=O) groups excluding carboxylic acids is 1. The summed E-state index contributed by atoms with van der Waals surface area (Å²) in [7, 11) is 1.49. The van der Waals surface area contributed by atoms with E-state index in [1.54, 1.807) is 26.8 Å². The third-order valence-electron chi connectivity index (χ3n) is 6.36. The van der Waals surface area contributed by atoms with Gasteiger partial charge in [0.05, 0.1) is 31.5 Å². The Bertz CT molecular complexity index is 1670. The van der Waals surface area contributed by atoms with E-state index in [0.717, 1.165) is 4.57 Å². The molecule has 0 aliphatic rings. The van der Waals surface area contributed by atoms with E-state index in [1.807, 2.05) is 0 Å². The highest BCUT2D eigenvalue weighted by Crippen LogP contribution is 2.31. The Morgan fingerprint density at radius 1 is 1.26 bits per heavy atom. The zero-order chi connectivity index (χ0) is 31.2. The average molecular weight is 619 g/mol. The van der Waals surface area contributed by atoms with Crippen LogP contribution in [0.15, 0.2) is 52.8 Å². The standard InChI is InChI=1S/C25H29FN6O4S.C3H6OS/c1-14(2)29-23(34)25(4,5)31-20(33)19-15(3)21(32-27-10-11-28-32)37-22(19)30(24(31)35)12-9-16-13-17(26)7-8-18(16)36-6;1-2-3-4-5/h7-8,10-11,13-14H,9,12H2,1-6H3,(H,29,34);2,5H,1,3H2. The van der Waals surface area contributed by atoms with E-state index in [1.165, 1.54) is 72.3 Å². The molecule has 1 amide bonds. The fraction of sp³-hybridized carbons (Fsp3) is 0.393. The Morgan fingerprint density at radius 3 is 2.48 bits per heavy atom. The molecule has 3 heterocycles. The molecule has 4 rings (SSSR count). The molecule has 1 N–H and O–H groups in total. The van der Waals surface area contributed by atoms with Gasteiger partial charge in [-0.2, -0.15) is 10.2 Å². The van der Waals surface area contributed by atoms with E-state index in [4.69, 9.17) is 4.74 Å². The van der Waals surface area contributed by atoms with Crippen molar-refractivity contribution >= 4 is 40.4 Å². The fourth-order valence-corrected chi connectivity index (χ4v) is 5.65. The topological polar surface area (TPSA) is 122 Å². The van der Waals surface area contributed by atoms with Crippen molar-refractivity contribution < 1.29 is 18.1 Å². The maximum atomic E-state index is 14.0. The second kappa shape index (κ2) is 13.9. The zero-order valence-corrected chi connectivity index (χ0v) is 26.1. The lowest BCUT2D eigenvalue weighted by Crippen LogP contribution is -2.56. The number of nitrogens with zero attached hydrogens (tertiary/aromatic N) is 5. The number of aryl methyl sites for hydroxylation is 3. The van der Waals surface area contributed by atoms with Gasteiger partial charge in [0.15, 0.2) is 0 Å². The Balaban J connectivity index is 0.000000892. The summed E-state index contributed by atoms with van der Waals surface area (Å²) in [5.41, 5.74) is -1.54. The van der Waals surface area contributed by atoms with Crippen LogP contribution in [0.5, 0.6) is 5.75 Å². The van der Waals surface area contributed by atoms with E-state index in [9.17, 15) is 18.8 Å². The first-order valence-electron chi connectivity index (χ1n) is 13.1. The van der Waals surface area contributed by atoms with Crippen LogP contribution in [0.25, 0.3) is 15.2 Å². The predicted molar refractivity (Wildman–Crippen MR) is 164 cm³/mol. The lowest BCUT2D eigenvalue weighted by atomic mass is 10.0. The third-order valence-corrected chi connectivity index (χ3v) is 7.79. The van der Waals surface area contributed by atoms with Gasteiger partial charge in [-0.25, -0.2) is 13.8 Å². The van der Waals surface area contributed by atoms with E-state index in [-0.39, 0.29) is 19.0 Å². The third kappa shape index (κ3) is 6.82. The van der Waals surface area contributed by atoms with E-state index in [2.05, 4.69) is 39.2 Å². The van der Waals surface area contributed by atoms with Crippen LogP contribution in [0.3, 0.4) is 0 Å². The molecule has 4 aromatic rings. The molecule has 226 valence electrons. The van der Waals surface area contributed by atoms with Crippen LogP contribution in [-0.4, -0.2) is 49.8 Å². The molecule has 0 fully saturated rings. The molecular weight excluding hydrogens is 583 g/mol. The number of methoxy groups -OCH3 is 1. The molecule has 0 saturated carbocycles. The van der Waals surface area contributed by atoms with Crippen LogP contribution in [0, 0.1) is 12.7 Å². The molecule has 1 aromatic carbocycles. The molecular formula is C28H35FN6O5S2. The van der Waals surface area contributed by atoms with Crippen molar-refractivity contribution in [2.24, 2.45) is 0 Å². The number of rotatable bonds is 10. The molecule has 0 aliphatic carbocycles. The largest absolute Gasteiger partial charge is 0.496 e. The van der Waals surface area contributed by atoms with Crippen LogP contribution in [0.4, 0.5) is 4.39 Å². The Hall–Kier alpha value is -3.75. The summed E-state index contributed by atoms with van der Waals surface area (Å²) in [4.78, 5) is 42.6. The Labute approximate surface area is 252 Å². The van der Waals surface area contributed by atoms with E-state index in [0.29, 0.717) is 38.7 Å². The van der Waals surface area contributed by atoms with Gasteiger partial charge in [0, 0.05) is 18.2 Å². The summed E-state index contributed by atoms with van der Waals surface area (Å²) in [6.45, 7) is 12.4. The number of ether oxygens (including phenoxy) is 1. The number of amides is 1. The molecule has 42 heavy (non-hydrogen) atoms. The normalized spacial score (nSPS) is 11.4. The summed E-state index contributed by atoms with van der Waals surface area (Å²) < 4.78 is 26.1. The first-order valence-corrected chi connectivity index (χ1v) is 14.2. The molecule has 0 bridgehead atoms. The maximum absolute atomic E-state index is 14.0. The molecule has 3 aromatic heterocycles. The number of thiol groups is 1. The highest BCUT2D eigenvalue weighted by Gasteiger charge is 2.35. The summed E-state index contributed by atoms with van der Waals surface area (Å²) in [6.07, 6.45) is 4.92. The van der Waals surface area contributed by atoms with Crippen molar-refractivity contribution in [3.8, 4) is 10.8 Å². The van der Waals surface area contributed by atoms with E-state index < -0.39 is 28.5 Å². The molecule has 0 aliphatic heterocycles. The van der Waals surface area contributed by atoms with Gasteiger partial charge in [0.25, 0.3) is 5.56 Å². The van der Waals surface area contributed by atoms with E-state index >= 15 is 0 Å². The second-order valence-corrected chi connectivity index (χ2v) is 11.3. The van der Waals surface area contributed by atoms with Crippen molar-refractivity contribution in [1.29, 1.82) is 0 Å². The van der Waals surface area contributed by atoms with Crippen LogP contribution in [0.2, 0.25) is 0 Å². The molecule has 0 radical (unpaired) electrons. The lowest BCUT2D eigenvalue weighted by Gasteiger charge is -2.27. The highest BCUT2D eigenvalue weighted by atomic mass is 32.1. The predicted octanol–water partition coefficient (Wildman–Crippen LogP) is 3.80. The van der Waals surface area contributed by atoms with Gasteiger partial charge in [0.2, 0.25) is 5.91 Å². The number of hydrogen-bond acceptors (Lipinski definition) is 9. The quantitative estimate of drug-likeness (QED) is 0.158. The molecule has 0 unspecified atom stereocenters. The summed E-state index contributed by atoms with van der Waals surface area (Å²) in [6, 6.07) is 4.00. The molecule has 0 atom stereocenters. The average Bonchev–Trinajstić information content (AvgIpc) is 3.57. The van der Waals surface area contributed by atoms with Crippen molar-refractivity contribution in [3.63, 3.8) is 0 Å². The van der Waals surface area contributed by atoms with Crippen molar-refractivity contribution in [1.82, 2.24) is 29.4 Å². The van der Waals surface area contributed by atoms with Crippen LogP contribution in [-0.2, 0) is 27.5 Å². The van der Waals surface area contributed by atoms with Gasteiger partial charge in [-0.1, -0.05) is 17.4 Å². The molecule has 14 heteroatoms. The van der Waals surface area contributed by atoms with Crippen molar-refractivity contribution in [2.45, 2.75) is 59.2 Å². The minimum Gasteiger partial charge on any atom is -0.496 e. The van der Waals surface area contributed by atoms with Crippen LogP contribution < -0.4 is 21.3 Å². The SMILES string of the molecule is C=CCOS.COc1ccc(F)cc1CCn1c(=O)n(C(C)(C)C(=O)NC(C)C)c(=O)c2c(C)c(-n3nccn3)sc21. The van der Waals surface area contributed by atoms with Gasteiger partial charge in [0.1, 0.15) is 26.9 Å². The zero-order valence-electron chi connectivity index (χ0n) is 24.4. The minimum absolute atomic E-state index is 0.114. The van der Waals surface area contributed by atoms with Gasteiger partial charge in [-0.05, 0) is 77.7 Å². The highest BCUT2D eigenvalue weighted by molar-refractivity contribution is 7.75. The number of aromatic nitrogens is 5. The van der Waals surface area contributed by atoms with Crippen molar-refractivity contribution in [3.05, 3.63) is 81.0 Å². The maximum Gasteiger partial charge on any atom is 0.333 e. The molecule has 0 saturated heterocycles.